The van der Waals surface area contributed by atoms with Crippen LogP contribution in [0.5, 0.6) is 0 Å². The van der Waals surface area contributed by atoms with Crippen molar-refractivity contribution in [3.8, 4) is 0 Å². The molecular weight excluding hydrogens is 272 g/mol. The molecule has 0 spiro atoms. The fraction of sp³-hybridized carbons (Fsp3) is 0.188. The lowest BCUT2D eigenvalue weighted by Crippen LogP contribution is -2.15. The molecule has 0 atom stereocenters. The molecule has 0 saturated carbocycles. The smallest absolute Gasteiger partial charge is 0.256 e. The summed E-state index contributed by atoms with van der Waals surface area (Å²) in [6, 6.07) is 9.10. The van der Waals surface area contributed by atoms with Crippen molar-refractivity contribution in [2.24, 2.45) is 0 Å². The number of nitrogens with two attached hydrogens (primary N) is 1. The van der Waals surface area contributed by atoms with Crippen LogP contribution in [0.3, 0.4) is 0 Å². The molecule has 20 heavy (non-hydrogen) atoms. The lowest BCUT2D eigenvalue weighted by atomic mass is 10.1. The van der Waals surface area contributed by atoms with Crippen LogP contribution >= 0.6 is 11.6 Å². The van der Waals surface area contributed by atoms with Gasteiger partial charge in [0.2, 0.25) is 0 Å². The summed E-state index contributed by atoms with van der Waals surface area (Å²) in [6.45, 7) is 5.71. The van der Waals surface area contributed by atoms with E-state index in [1.807, 2.05) is 32.9 Å². The number of rotatable bonds is 2. The SMILES string of the molecule is Cc1cc(C)c(NC(=O)c2cccc(N)c2C)c(Cl)c1. The molecule has 2 rings (SSSR count). The third-order valence-corrected chi connectivity index (χ3v) is 3.59. The summed E-state index contributed by atoms with van der Waals surface area (Å²) in [5.74, 6) is -0.205. The van der Waals surface area contributed by atoms with E-state index in [-0.39, 0.29) is 5.91 Å². The van der Waals surface area contributed by atoms with Gasteiger partial charge in [-0.3, -0.25) is 4.79 Å². The fourth-order valence-electron chi connectivity index (χ4n) is 2.15. The molecule has 0 aliphatic heterocycles. The number of carbonyl (C=O) groups excluding carboxylic acids is 1. The number of carbonyl (C=O) groups is 1. The van der Waals surface area contributed by atoms with Gasteiger partial charge in [-0.1, -0.05) is 23.7 Å². The highest BCUT2D eigenvalue weighted by Crippen LogP contribution is 2.28. The highest BCUT2D eigenvalue weighted by Gasteiger charge is 2.14. The lowest BCUT2D eigenvalue weighted by molar-refractivity contribution is 0.102. The number of halogens is 1. The average Bonchev–Trinajstić information content (AvgIpc) is 2.36. The number of hydrogen-bond donors (Lipinski definition) is 2. The second-order valence-corrected chi connectivity index (χ2v) is 5.32. The minimum atomic E-state index is -0.205. The topological polar surface area (TPSA) is 55.1 Å². The standard InChI is InChI=1S/C16H17ClN2O/c1-9-7-10(2)15(13(17)8-9)19-16(20)12-5-4-6-14(18)11(12)3/h4-8H,18H2,1-3H3,(H,19,20). The van der Waals surface area contributed by atoms with Crippen molar-refractivity contribution < 1.29 is 4.79 Å². The number of nitrogen functional groups attached to an aromatic ring is 1. The monoisotopic (exact) mass is 288 g/mol. The Kier molecular flexibility index (Phi) is 4.00. The molecule has 0 aromatic heterocycles. The van der Waals surface area contributed by atoms with E-state index in [4.69, 9.17) is 17.3 Å². The quantitative estimate of drug-likeness (QED) is 0.818. The number of amides is 1. The molecule has 0 heterocycles. The maximum absolute atomic E-state index is 12.4. The Balaban J connectivity index is 2.36. The van der Waals surface area contributed by atoms with Crippen LogP contribution in [0.25, 0.3) is 0 Å². The van der Waals surface area contributed by atoms with E-state index in [9.17, 15) is 4.79 Å². The van der Waals surface area contributed by atoms with Gasteiger partial charge in [0.1, 0.15) is 0 Å². The number of hydrogen-bond acceptors (Lipinski definition) is 2. The summed E-state index contributed by atoms with van der Waals surface area (Å²) < 4.78 is 0. The van der Waals surface area contributed by atoms with Crippen LogP contribution in [0.15, 0.2) is 30.3 Å². The molecule has 104 valence electrons. The van der Waals surface area contributed by atoms with Gasteiger partial charge in [0.05, 0.1) is 10.7 Å². The first-order chi connectivity index (χ1) is 9.40. The van der Waals surface area contributed by atoms with E-state index in [2.05, 4.69) is 5.32 Å². The van der Waals surface area contributed by atoms with Gasteiger partial charge in [0.15, 0.2) is 0 Å². The van der Waals surface area contributed by atoms with Crippen LogP contribution in [-0.4, -0.2) is 5.91 Å². The minimum Gasteiger partial charge on any atom is -0.398 e. The summed E-state index contributed by atoms with van der Waals surface area (Å²) in [6.07, 6.45) is 0. The summed E-state index contributed by atoms with van der Waals surface area (Å²) in [7, 11) is 0. The Morgan fingerprint density at radius 1 is 1.20 bits per heavy atom. The van der Waals surface area contributed by atoms with E-state index < -0.39 is 0 Å². The lowest BCUT2D eigenvalue weighted by Gasteiger charge is -2.13. The van der Waals surface area contributed by atoms with E-state index in [0.717, 1.165) is 16.7 Å². The molecule has 0 bridgehead atoms. The van der Waals surface area contributed by atoms with Gasteiger partial charge < -0.3 is 11.1 Å². The maximum atomic E-state index is 12.4. The zero-order chi connectivity index (χ0) is 14.9. The predicted molar refractivity (Wildman–Crippen MR) is 84.5 cm³/mol. The van der Waals surface area contributed by atoms with E-state index in [1.165, 1.54) is 0 Å². The molecule has 0 unspecified atom stereocenters. The zero-order valence-corrected chi connectivity index (χ0v) is 12.5. The Hall–Kier alpha value is -2.00. The van der Waals surface area contributed by atoms with Gasteiger partial charge in [-0.05, 0) is 55.7 Å². The van der Waals surface area contributed by atoms with E-state index in [1.54, 1.807) is 18.2 Å². The molecule has 2 aromatic carbocycles. The molecule has 3 nitrogen and oxygen atoms in total. The van der Waals surface area contributed by atoms with Crippen molar-refractivity contribution in [3.63, 3.8) is 0 Å². The summed E-state index contributed by atoms with van der Waals surface area (Å²) >= 11 is 6.20. The molecule has 0 fully saturated rings. The maximum Gasteiger partial charge on any atom is 0.256 e. The van der Waals surface area contributed by atoms with Gasteiger partial charge >= 0.3 is 0 Å². The molecule has 0 radical (unpaired) electrons. The van der Waals surface area contributed by atoms with Crippen LogP contribution in [0, 0.1) is 20.8 Å². The fourth-order valence-corrected chi connectivity index (χ4v) is 2.52. The average molecular weight is 289 g/mol. The van der Waals surface area contributed by atoms with Crippen molar-refractivity contribution in [1.29, 1.82) is 0 Å². The first-order valence-electron chi connectivity index (χ1n) is 6.33. The van der Waals surface area contributed by atoms with Crippen molar-refractivity contribution in [2.45, 2.75) is 20.8 Å². The summed E-state index contributed by atoms with van der Waals surface area (Å²) in [5, 5.41) is 3.40. The molecule has 0 saturated heterocycles. The Morgan fingerprint density at radius 3 is 2.55 bits per heavy atom. The summed E-state index contributed by atoms with van der Waals surface area (Å²) in [4.78, 5) is 12.4. The number of aryl methyl sites for hydroxylation is 2. The largest absolute Gasteiger partial charge is 0.398 e. The van der Waals surface area contributed by atoms with Crippen molar-refractivity contribution in [3.05, 3.63) is 57.6 Å². The van der Waals surface area contributed by atoms with Gasteiger partial charge in [-0.2, -0.15) is 0 Å². The van der Waals surface area contributed by atoms with Crippen LogP contribution in [0.2, 0.25) is 5.02 Å². The summed E-state index contributed by atoms with van der Waals surface area (Å²) in [5.41, 5.74) is 10.4. The van der Waals surface area contributed by atoms with Crippen LogP contribution in [-0.2, 0) is 0 Å². The predicted octanol–water partition coefficient (Wildman–Crippen LogP) is 4.10. The van der Waals surface area contributed by atoms with E-state index in [0.29, 0.717) is 22.0 Å². The second-order valence-electron chi connectivity index (χ2n) is 4.91. The molecule has 4 heteroatoms. The van der Waals surface area contributed by atoms with E-state index >= 15 is 0 Å². The highest BCUT2D eigenvalue weighted by atomic mass is 35.5. The van der Waals surface area contributed by atoms with Gasteiger partial charge in [-0.25, -0.2) is 0 Å². The van der Waals surface area contributed by atoms with Gasteiger partial charge in [0, 0.05) is 11.3 Å². The second kappa shape index (κ2) is 5.55. The van der Waals surface area contributed by atoms with Crippen molar-refractivity contribution in [2.75, 3.05) is 11.1 Å². The van der Waals surface area contributed by atoms with Gasteiger partial charge in [-0.15, -0.1) is 0 Å². The van der Waals surface area contributed by atoms with Crippen molar-refractivity contribution >= 4 is 28.9 Å². The van der Waals surface area contributed by atoms with Crippen LogP contribution < -0.4 is 11.1 Å². The molecule has 0 aliphatic carbocycles. The zero-order valence-electron chi connectivity index (χ0n) is 11.8. The molecular formula is C16H17ClN2O. The Bertz CT molecular complexity index is 657. The molecule has 0 aliphatic rings. The van der Waals surface area contributed by atoms with Crippen molar-refractivity contribution in [1.82, 2.24) is 0 Å². The first kappa shape index (κ1) is 14.4. The van der Waals surface area contributed by atoms with Gasteiger partial charge in [0.25, 0.3) is 5.91 Å². The highest BCUT2D eigenvalue weighted by molar-refractivity contribution is 6.34. The molecule has 1 amide bonds. The molecule has 3 N–H and O–H groups in total. The Morgan fingerprint density at radius 2 is 1.90 bits per heavy atom. The Labute approximate surface area is 123 Å². The molecule has 2 aromatic rings. The normalized spacial score (nSPS) is 10.4. The number of anilines is 2. The number of nitrogens with one attached hydrogen (secondary N) is 1. The minimum absolute atomic E-state index is 0.205. The van der Waals surface area contributed by atoms with Crippen LogP contribution in [0.1, 0.15) is 27.0 Å². The first-order valence-corrected chi connectivity index (χ1v) is 6.71. The third kappa shape index (κ3) is 2.78. The number of benzene rings is 2. The van der Waals surface area contributed by atoms with Crippen LogP contribution in [0.4, 0.5) is 11.4 Å². The third-order valence-electron chi connectivity index (χ3n) is 3.29.